The van der Waals surface area contributed by atoms with Crippen molar-refractivity contribution >= 4 is 30.4 Å². The van der Waals surface area contributed by atoms with Crippen LogP contribution in [-0.4, -0.2) is 8.24 Å². The van der Waals surface area contributed by atoms with Gasteiger partial charge in [-0.2, -0.15) is 0 Å². The summed E-state index contributed by atoms with van der Waals surface area (Å²) in [7, 11) is -3.70. The highest BCUT2D eigenvalue weighted by molar-refractivity contribution is 6.88. The van der Waals surface area contributed by atoms with Crippen LogP contribution in [0.3, 0.4) is 0 Å². The van der Waals surface area contributed by atoms with E-state index in [1.54, 1.807) is 41.5 Å². The van der Waals surface area contributed by atoms with E-state index < -0.39 is 105 Å². The number of anilines is 2. The summed E-state index contributed by atoms with van der Waals surface area (Å²) < 4.78 is 148. The third-order valence-electron chi connectivity index (χ3n) is 6.96. The molecule has 0 aliphatic heterocycles. The van der Waals surface area contributed by atoms with E-state index in [4.69, 9.17) is 0 Å². The fraction of sp³-hybridized carbons (Fsp3) is 0.360. The van der Waals surface area contributed by atoms with Crippen LogP contribution in [0.1, 0.15) is 41.5 Å². The molecule has 0 aromatic heterocycles. The average Bonchev–Trinajstić information content (AvgIpc) is 2.81. The van der Waals surface area contributed by atoms with Crippen LogP contribution in [0.25, 0.3) is 10.8 Å². The third-order valence-corrected chi connectivity index (χ3v) is 13.7. The molecule has 12 heteroatoms. The van der Waals surface area contributed by atoms with Gasteiger partial charge in [-0.25, -0.2) is 43.9 Å². The van der Waals surface area contributed by atoms with E-state index in [0.717, 1.165) is 0 Å². The minimum Gasteiger partial charge on any atom is -0.362 e. The molecule has 0 saturated carbocycles. The Balaban J connectivity index is 2.78. The number of hydrogen-bond acceptors (Lipinski definition) is 1. The standard InChI is InChI=1S/C25H23F10NSi/c1-9(2)37(10(3)4,11(5)6)36(13-8-7-12(26)16(27)17(13)28)25-15-14(19(30)23(34)24(25)35)18(29)21(32)22(33)20(15)31/h7-11H,1-6H3. The summed E-state index contributed by atoms with van der Waals surface area (Å²) in [6, 6.07) is 1.17. The Kier molecular flexibility index (Phi) is 7.66. The smallest absolute Gasteiger partial charge is 0.198 e. The van der Waals surface area contributed by atoms with Gasteiger partial charge in [0.15, 0.2) is 66.4 Å². The lowest BCUT2D eigenvalue weighted by Crippen LogP contribution is -2.59. The van der Waals surface area contributed by atoms with Crippen LogP contribution in [0.15, 0.2) is 12.1 Å². The van der Waals surface area contributed by atoms with Crippen molar-refractivity contribution in [3.05, 3.63) is 70.3 Å². The van der Waals surface area contributed by atoms with Crippen LogP contribution in [-0.2, 0) is 0 Å². The van der Waals surface area contributed by atoms with Gasteiger partial charge in [-0.05, 0) is 28.8 Å². The van der Waals surface area contributed by atoms with Crippen molar-refractivity contribution in [3.8, 4) is 0 Å². The number of halogens is 10. The van der Waals surface area contributed by atoms with Gasteiger partial charge in [-0.3, -0.25) is 0 Å². The van der Waals surface area contributed by atoms with Crippen LogP contribution < -0.4 is 4.57 Å². The zero-order valence-corrected chi connectivity index (χ0v) is 21.6. The molecule has 3 aromatic carbocycles. The summed E-state index contributed by atoms with van der Waals surface area (Å²) in [5.41, 5.74) is -3.91. The van der Waals surface area contributed by atoms with Crippen LogP contribution >= 0.6 is 0 Å². The minimum absolute atomic E-state index is 0.484. The van der Waals surface area contributed by atoms with Crippen molar-refractivity contribution in [1.29, 1.82) is 0 Å². The van der Waals surface area contributed by atoms with Gasteiger partial charge in [0.05, 0.1) is 22.1 Å². The van der Waals surface area contributed by atoms with E-state index in [1.807, 2.05) is 0 Å². The Morgan fingerprint density at radius 3 is 1.32 bits per heavy atom. The Hall–Kier alpha value is -2.76. The maximum atomic E-state index is 15.7. The van der Waals surface area contributed by atoms with Crippen LogP contribution in [0.2, 0.25) is 16.6 Å². The van der Waals surface area contributed by atoms with Crippen molar-refractivity contribution in [2.24, 2.45) is 0 Å². The van der Waals surface area contributed by atoms with Gasteiger partial charge in [-0.1, -0.05) is 41.5 Å². The summed E-state index contributed by atoms with van der Waals surface area (Å²) in [5, 5.41) is -3.30. The number of fused-ring (bicyclic) bond motifs is 1. The van der Waals surface area contributed by atoms with Gasteiger partial charge in [0.25, 0.3) is 0 Å². The molecule has 3 aromatic rings. The molecule has 0 heterocycles. The van der Waals surface area contributed by atoms with Gasteiger partial charge in [-0.15, -0.1) is 0 Å². The summed E-state index contributed by atoms with van der Waals surface area (Å²) >= 11 is 0. The lowest BCUT2D eigenvalue weighted by molar-refractivity contribution is 0.410. The van der Waals surface area contributed by atoms with E-state index >= 15 is 13.2 Å². The van der Waals surface area contributed by atoms with Crippen molar-refractivity contribution in [1.82, 2.24) is 0 Å². The number of nitrogens with zero attached hydrogens (tertiary/aromatic N) is 1. The number of benzene rings is 3. The molecule has 0 radical (unpaired) electrons. The Bertz CT molecular complexity index is 1360. The van der Waals surface area contributed by atoms with Gasteiger partial charge >= 0.3 is 0 Å². The second-order valence-electron chi connectivity index (χ2n) is 9.68. The Labute approximate surface area is 207 Å². The molecular weight excluding hydrogens is 532 g/mol. The molecule has 0 aliphatic rings. The minimum atomic E-state index is -3.70. The molecule has 0 fully saturated rings. The summed E-state index contributed by atoms with van der Waals surface area (Å²) in [6.45, 7) is 9.72. The first-order valence-electron chi connectivity index (χ1n) is 11.3. The van der Waals surface area contributed by atoms with Crippen LogP contribution in [0.5, 0.6) is 0 Å². The van der Waals surface area contributed by atoms with Crippen LogP contribution in [0.4, 0.5) is 55.3 Å². The molecule has 0 bridgehead atoms. The van der Waals surface area contributed by atoms with Crippen LogP contribution in [0, 0.1) is 58.2 Å². The molecular formula is C25H23F10NSi. The molecule has 0 spiro atoms. The molecule has 0 amide bonds. The quantitative estimate of drug-likeness (QED) is 0.127. The summed E-state index contributed by atoms with van der Waals surface area (Å²) in [5.74, 6) is -21.9. The zero-order chi connectivity index (χ0) is 28.3. The predicted molar refractivity (Wildman–Crippen MR) is 123 cm³/mol. The van der Waals surface area contributed by atoms with Crippen molar-refractivity contribution in [2.75, 3.05) is 4.57 Å². The molecule has 0 unspecified atom stereocenters. The Morgan fingerprint density at radius 1 is 0.486 bits per heavy atom. The highest BCUT2D eigenvalue weighted by Gasteiger charge is 2.52. The predicted octanol–water partition coefficient (Wildman–Crippen LogP) is 9.54. The molecule has 3 rings (SSSR count). The SMILES string of the molecule is CC(C)[Si](C(C)C)(C(C)C)N(c1ccc(F)c(F)c1F)c1c(F)c(F)c(F)c2c(F)c(F)c(F)c(F)c12. The molecule has 0 aliphatic carbocycles. The second kappa shape index (κ2) is 9.84. The van der Waals surface area contributed by atoms with Gasteiger partial charge in [0, 0.05) is 0 Å². The average molecular weight is 556 g/mol. The third kappa shape index (κ3) is 3.98. The Morgan fingerprint density at radius 2 is 0.892 bits per heavy atom. The summed E-state index contributed by atoms with van der Waals surface area (Å²) in [6.07, 6.45) is 0. The zero-order valence-electron chi connectivity index (χ0n) is 20.6. The van der Waals surface area contributed by atoms with E-state index in [1.165, 1.54) is 0 Å². The normalized spacial score (nSPS) is 12.5. The molecule has 37 heavy (non-hydrogen) atoms. The molecule has 202 valence electrons. The molecule has 0 saturated heterocycles. The van der Waals surface area contributed by atoms with E-state index in [9.17, 15) is 30.7 Å². The molecule has 0 N–H and O–H groups in total. The first-order valence-corrected chi connectivity index (χ1v) is 13.5. The summed E-state index contributed by atoms with van der Waals surface area (Å²) in [4.78, 5) is 0. The largest absolute Gasteiger partial charge is 0.362 e. The van der Waals surface area contributed by atoms with Gasteiger partial charge in [0.2, 0.25) is 0 Å². The van der Waals surface area contributed by atoms with Crippen molar-refractivity contribution in [3.63, 3.8) is 0 Å². The highest BCUT2D eigenvalue weighted by Crippen LogP contribution is 2.53. The fourth-order valence-corrected chi connectivity index (χ4v) is 12.4. The maximum Gasteiger partial charge on any atom is 0.198 e. The number of rotatable bonds is 6. The van der Waals surface area contributed by atoms with Crippen molar-refractivity contribution < 1.29 is 43.9 Å². The van der Waals surface area contributed by atoms with E-state index in [0.29, 0.717) is 16.7 Å². The van der Waals surface area contributed by atoms with E-state index in [-0.39, 0.29) is 0 Å². The number of hydrogen-bond donors (Lipinski definition) is 0. The van der Waals surface area contributed by atoms with Crippen molar-refractivity contribution in [2.45, 2.75) is 58.2 Å². The van der Waals surface area contributed by atoms with E-state index in [2.05, 4.69) is 0 Å². The second-order valence-corrected chi connectivity index (χ2v) is 15.4. The molecule has 1 nitrogen and oxygen atoms in total. The highest BCUT2D eigenvalue weighted by atomic mass is 28.3. The molecule has 0 atom stereocenters. The fourth-order valence-electron chi connectivity index (χ4n) is 5.68. The first-order chi connectivity index (χ1) is 17.0. The monoisotopic (exact) mass is 555 g/mol. The lowest BCUT2D eigenvalue weighted by Gasteiger charge is -2.52. The maximum absolute atomic E-state index is 15.7. The lowest BCUT2D eigenvalue weighted by atomic mass is 10.0. The van der Waals surface area contributed by atoms with Gasteiger partial charge < -0.3 is 4.57 Å². The topological polar surface area (TPSA) is 3.24 Å². The first kappa shape index (κ1) is 28.8. The van der Waals surface area contributed by atoms with Gasteiger partial charge in [0.1, 0.15) is 0 Å².